The topological polar surface area (TPSA) is 69.0 Å². The van der Waals surface area contributed by atoms with Gasteiger partial charge in [0.15, 0.2) is 5.69 Å². The number of hydrogen-bond acceptors (Lipinski definition) is 2. The summed E-state index contributed by atoms with van der Waals surface area (Å²) < 4.78 is 0.808. The van der Waals surface area contributed by atoms with Crippen molar-refractivity contribution in [3.05, 3.63) is 97.8 Å². The van der Waals surface area contributed by atoms with Gasteiger partial charge in [-0.15, -0.1) is 0 Å². The third-order valence-electron chi connectivity index (χ3n) is 3.06. The summed E-state index contributed by atoms with van der Waals surface area (Å²) >= 11 is 0. The molecule has 1 aromatic heterocycles. The van der Waals surface area contributed by atoms with Crippen LogP contribution >= 0.6 is 0 Å². The number of H-pyrrole nitrogens is 1. The van der Waals surface area contributed by atoms with Gasteiger partial charge >= 0.3 is 11.7 Å². The van der Waals surface area contributed by atoms with Crippen LogP contribution in [0.5, 0.6) is 0 Å². The zero-order valence-corrected chi connectivity index (χ0v) is 13.7. The summed E-state index contributed by atoms with van der Waals surface area (Å²) in [6.45, 7) is 16.1. The lowest BCUT2D eigenvalue weighted by Gasteiger charge is -2.03. The lowest BCUT2D eigenvalue weighted by Crippen LogP contribution is -2.42. The van der Waals surface area contributed by atoms with Crippen LogP contribution in [0.25, 0.3) is 5.57 Å². The largest absolute Gasteiger partial charge is 0.349 e. The molecular weight excluding hydrogens is 302 g/mol. The van der Waals surface area contributed by atoms with Crippen LogP contribution in [0.15, 0.2) is 80.6 Å². The number of carbonyl (C=O) groups excluding carboxylic acids is 1. The molecule has 5 nitrogen and oxygen atoms in total. The van der Waals surface area contributed by atoms with E-state index in [1.807, 2.05) is 0 Å². The Balaban J connectivity index is 3.31. The van der Waals surface area contributed by atoms with Crippen molar-refractivity contribution in [1.82, 2.24) is 10.3 Å². The normalized spacial score (nSPS) is 12.0. The van der Waals surface area contributed by atoms with E-state index >= 15 is 0 Å². The molecule has 5 heteroatoms. The number of nitrogens with zero attached hydrogens (tertiary/aromatic N) is 1. The van der Waals surface area contributed by atoms with E-state index in [4.69, 9.17) is 0 Å². The van der Waals surface area contributed by atoms with Gasteiger partial charge in [0.2, 0.25) is 0 Å². The fourth-order valence-electron chi connectivity index (χ4n) is 2.01. The number of aromatic nitrogens is 2. The molecule has 3 N–H and O–H groups in total. The number of amides is 1. The maximum atomic E-state index is 12.4. The van der Waals surface area contributed by atoms with Crippen molar-refractivity contribution < 1.29 is 14.7 Å². The molecule has 1 rings (SSSR count). The maximum absolute atomic E-state index is 12.4. The molecule has 0 spiro atoms. The van der Waals surface area contributed by atoms with Gasteiger partial charge in [0.05, 0.1) is 5.57 Å². The van der Waals surface area contributed by atoms with E-state index in [9.17, 15) is 10.0 Å². The van der Waals surface area contributed by atoms with Gasteiger partial charge in [-0.25, -0.2) is 4.98 Å². The average molecular weight is 324 g/mol. The Morgan fingerprint density at radius 3 is 2.38 bits per heavy atom. The van der Waals surface area contributed by atoms with Crippen LogP contribution in [-0.2, 0) is 0 Å². The lowest BCUT2D eigenvalue weighted by molar-refractivity contribution is -0.906. The van der Waals surface area contributed by atoms with Crippen LogP contribution in [0.3, 0.4) is 0 Å². The molecule has 24 heavy (non-hydrogen) atoms. The van der Waals surface area contributed by atoms with Gasteiger partial charge in [-0.05, 0) is 29.0 Å². The molecule has 124 valence electrons. The molecular formula is C19H22N3O2+. The number of imidazole rings is 1. The lowest BCUT2D eigenvalue weighted by atomic mass is 10.2. The second-order valence-electron chi connectivity index (χ2n) is 4.73. The van der Waals surface area contributed by atoms with Crippen molar-refractivity contribution in [3.63, 3.8) is 0 Å². The van der Waals surface area contributed by atoms with Gasteiger partial charge in [0.1, 0.15) is 0 Å². The Kier molecular flexibility index (Phi) is 6.97. The minimum absolute atomic E-state index is 0.0868. The van der Waals surface area contributed by atoms with E-state index in [2.05, 4.69) is 36.6 Å². The molecule has 0 aromatic carbocycles. The van der Waals surface area contributed by atoms with Crippen molar-refractivity contribution in [2.45, 2.75) is 6.92 Å². The minimum Gasteiger partial charge on any atom is -0.349 e. The molecule has 0 unspecified atom stereocenters. The number of hydrogen-bond donors (Lipinski definition) is 3. The highest BCUT2D eigenvalue weighted by atomic mass is 16.5. The summed E-state index contributed by atoms with van der Waals surface area (Å²) in [6.07, 6.45) is 13.0. The molecule has 0 saturated carbocycles. The SMILES string of the molecule is C=C/C=C\C(=C/C=C)c1[nH]c(C)c(C(=O)N/C(C=C)=C/C=C)[n+]1O. The van der Waals surface area contributed by atoms with Gasteiger partial charge < -0.3 is 10.5 Å². The zero-order valence-electron chi connectivity index (χ0n) is 13.7. The Morgan fingerprint density at radius 2 is 1.83 bits per heavy atom. The summed E-state index contributed by atoms with van der Waals surface area (Å²) in [5.41, 5.74) is 1.71. The molecule has 0 bridgehead atoms. The average Bonchev–Trinajstić information content (AvgIpc) is 2.85. The number of carbonyl (C=O) groups is 1. The van der Waals surface area contributed by atoms with Crippen LogP contribution in [0.2, 0.25) is 0 Å². The fraction of sp³-hybridized carbons (Fsp3) is 0.0526. The fourth-order valence-corrected chi connectivity index (χ4v) is 2.01. The van der Waals surface area contributed by atoms with E-state index in [1.165, 1.54) is 12.2 Å². The predicted molar refractivity (Wildman–Crippen MR) is 96.4 cm³/mol. The third kappa shape index (κ3) is 4.33. The van der Waals surface area contributed by atoms with Gasteiger partial charge in [-0.3, -0.25) is 4.79 Å². The minimum atomic E-state index is -0.476. The molecule has 0 fully saturated rings. The molecule has 0 saturated heterocycles. The third-order valence-corrected chi connectivity index (χ3v) is 3.06. The van der Waals surface area contributed by atoms with E-state index in [0.717, 1.165) is 4.73 Å². The van der Waals surface area contributed by atoms with Crippen molar-refractivity contribution in [3.8, 4) is 0 Å². The smallest absolute Gasteiger partial charge is 0.327 e. The second kappa shape index (κ2) is 8.95. The molecule has 0 aliphatic heterocycles. The Morgan fingerprint density at radius 1 is 1.17 bits per heavy atom. The Labute approximate surface area is 142 Å². The van der Waals surface area contributed by atoms with Crippen molar-refractivity contribution in [2.75, 3.05) is 0 Å². The zero-order chi connectivity index (χ0) is 18.1. The van der Waals surface area contributed by atoms with Crippen LogP contribution < -0.4 is 10.0 Å². The summed E-state index contributed by atoms with van der Waals surface area (Å²) in [7, 11) is 0. The number of aromatic amines is 1. The molecule has 0 aliphatic carbocycles. The second-order valence-corrected chi connectivity index (χ2v) is 4.73. The van der Waals surface area contributed by atoms with Crippen molar-refractivity contribution >= 4 is 11.5 Å². The van der Waals surface area contributed by atoms with Gasteiger partial charge in [0, 0.05) is 12.6 Å². The van der Waals surface area contributed by atoms with Crippen LogP contribution in [-0.4, -0.2) is 16.1 Å². The van der Waals surface area contributed by atoms with Gasteiger partial charge in [-0.2, -0.15) is 0 Å². The predicted octanol–water partition coefficient (Wildman–Crippen LogP) is 3.15. The quantitative estimate of drug-likeness (QED) is 0.391. The first-order chi connectivity index (χ1) is 11.5. The van der Waals surface area contributed by atoms with Crippen LogP contribution in [0.4, 0.5) is 0 Å². The summed E-state index contributed by atoms with van der Waals surface area (Å²) in [5, 5.41) is 13.1. The number of rotatable bonds is 8. The molecule has 1 amide bonds. The number of allylic oxidation sites excluding steroid dienone is 9. The molecule has 1 heterocycles. The van der Waals surface area contributed by atoms with Crippen LogP contribution in [0.1, 0.15) is 22.0 Å². The highest BCUT2D eigenvalue weighted by molar-refractivity contribution is 5.93. The van der Waals surface area contributed by atoms with Gasteiger partial charge in [-0.1, -0.05) is 50.6 Å². The van der Waals surface area contributed by atoms with Gasteiger partial charge in [0.25, 0.3) is 5.69 Å². The van der Waals surface area contributed by atoms with E-state index in [1.54, 1.807) is 43.4 Å². The molecule has 1 aromatic rings. The highest BCUT2D eigenvalue weighted by Crippen LogP contribution is 2.14. The van der Waals surface area contributed by atoms with Crippen LogP contribution in [0, 0.1) is 6.92 Å². The van der Waals surface area contributed by atoms with E-state index in [-0.39, 0.29) is 5.69 Å². The maximum Gasteiger partial charge on any atom is 0.327 e. The standard InChI is InChI=1S/C19H21N3O2/c1-6-10-13-15(11-7-2)18-20-14(5)17(22(18)24)19(23)21-16(9-4)12-8-3/h6-13,24H,1-4H2,5H3,(H,21,23)/p+1/b13-10-,15-11+,16-12+. The highest BCUT2D eigenvalue weighted by Gasteiger charge is 2.29. The Hall–Kier alpha value is -3.34. The van der Waals surface area contributed by atoms with E-state index in [0.29, 0.717) is 22.8 Å². The molecule has 0 aliphatic rings. The van der Waals surface area contributed by atoms with Crippen molar-refractivity contribution in [2.24, 2.45) is 0 Å². The number of nitrogens with one attached hydrogen (secondary N) is 2. The monoisotopic (exact) mass is 324 g/mol. The number of aryl methyl sites for hydroxylation is 1. The summed E-state index contributed by atoms with van der Waals surface area (Å²) in [4.78, 5) is 15.4. The first-order valence-corrected chi connectivity index (χ1v) is 7.22. The molecule has 0 atom stereocenters. The first-order valence-electron chi connectivity index (χ1n) is 7.22. The van der Waals surface area contributed by atoms with Crippen molar-refractivity contribution in [1.29, 1.82) is 0 Å². The van der Waals surface area contributed by atoms with E-state index < -0.39 is 5.91 Å². The first kappa shape index (κ1) is 18.7. The Bertz CT molecular complexity index is 762. The molecule has 0 radical (unpaired) electrons. The summed E-state index contributed by atoms with van der Waals surface area (Å²) in [5.74, 6) is -0.125. The summed E-state index contributed by atoms with van der Waals surface area (Å²) in [6, 6.07) is 0.